The summed E-state index contributed by atoms with van der Waals surface area (Å²) in [4.78, 5) is 0. The molecule has 11 heavy (non-hydrogen) atoms. The molecule has 0 heterocycles. The maximum absolute atomic E-state index is 6.37. The van der Waals surface area contributed by atoms with Gasteiger partial charge in [0.25, 0.3) is 0 Å². The number of hydrogen-bond donors (Lipinski definition) is 1. The van der Waals surface area contributed by atoms with Crippen LogP contribution in [0.2, 0.25) is 0 Å². The minimum atomic E-state index is 0.0764. The van der Waals surface area contributed by atoms with Gasteiger partial charge in [-0.2, -0.15) is 0 Å². The highest BCUT2D eigenvalue weighted by molar-refractivity contribution is 5.12. The number of rotatable bonds is 1. The zero-order valence-corrected chi connectivity index (χ0v) is 8.44. The lowest BCUT2D eigenvalue weighted by atomic mass is 9.47. The number of hydrogen-bond acceptors (Lipinski definition) is 1. The van der Waals surface area contributed by atoms with Crippen LogP contribution in [0.5, 0.6) is 0 Å². The van der Waals surface area contributed by atoms with Crippen molar-refractivity contribution < 1.29 is 0 Å². The molecule has 1 rings (SSSR count). The third-order valence-corrected chi connectivity index (χ3v) is 3.76. The van der Waals surface area contributed by atoms with Gasteiger partial charge in [0, 0.05) is 5.54 Å². The van der Waals surface area contributed by atoms with Crippen LogP contribution in [-0.4, -0.2) is 5.54 Å². The molecule has 0 saturated heterocycles. The average molecular weight is 155 g/mol. The smallest absolute Gasteiger partial charge is 0.0255 e. The van der Waals surface area contributed by atoms with Crippen molar-refractivity contribution >= 4 is 0 Å². The van der Waals surface area contributed by atoms with Gasteiger partial charge in [0.05, 0.1) is 0 Å². The van der Waals surface area contributed by atoms with Gasteiger partial charge in [0.15, 0.2) is 0 Å². The molecule has 1 nitrogen and oxygen atoms in total. The van der Waals surface area contributed by atoms with E-state index in [1.807, 2.05) is 0 Å². The second kappa shape index (κ2) is 2.22. The predicted molar refractivity (Wildman–Crippen MR) is 49.3 cm³/mol. The zero-order valence-electron chi connectivity index (χ0n) is 8.44. The van der Waals surface area contributed by atoms with Gasteiger partial charge in [-0.15, -0.1) is 0 Å². The summed E-state index contributed by atoms with van der Waals surface area (Å²) < 4.78 is 0. The van der Waals surface area contributed by atoms with Crippen molar-refractivity contribution in [3.8, 4) is 0 Å². The van der Waals surface area contributed by atoms with Gasteiger partial charge in [-0.25, -0.2) is 0 Å². The summed E-state index contributed by atoms with van der Waals surface area (Å²) in [6.07, 6.45) is 1.28. The van der Waals surface area contributed by atoms with E-state index in [1.54, 1.807) is 0 Å². The van der Waals surface area contributed by atoms with Gasteiger partial charge in [0.2, 0.25) is 0 Å². The molecule has 0 amide bonds. The molecule has 0 radical (unpaired) electrons. The molecule has 1 aliphatic rings. The van der Waals surface area contributed by atoms with Crippen molar-refractivity contribution in [2.24, 2.45) is 23.0 Å². The quantitative estimate of drug-likeness (QED) is 0.618. The van der Waals surface area contributed by atoms with Crippen LogP contribution in [0.25, 0.3) is 0 Å². The molecule has 1 fully saturated rings. The second-order valence-corrected chi connectivity index (χ2v) is 5.08. The summed E-state index contributed by atoms with van der Waals surface area (Å²) in [6, 6.07) is 0. The molecule has 1 heteroatoms. The third kappa shape index (κ3) is 0.936. The fraction of sp³-hybridized carbons (Fsp3) is 1.00. The third-order valence-electron chi connectivity index (χ3n) is 3.76. The molecule has 1 saturated carbocycles. The first-order valence-corrected chi connectivity index (χ1v) is 4.61. The molecule has 2 atom stereocenters. The Morgan fingerprint density at radius 2 is 1.82 bits per heavy atom. The highest BCUT2D eigenvalue weighted by atomic mass is 14.9. The second-order valence-electron chi connectivity index (χ2n) is 5.08. The molecule has 1 aliphatic carbocycles. The lowest BCUT2D eigenvalue weighted by Crippen LogP contribution is -2.69. The molecule has 66 valence electrons. The van der Waals surface area contributed by atoms with E-state index in [9.17, 15) is 0 Å². The van der Waals surface area contributed by atoms with E-state index < -0.39 is 0 Å². The van der Waals surface area contributed by atoms with Crippen molar-refractivity contribution in [3.05, 3.63) is 0 Å². The molecule has 2 unspecified atom stereocenters. The van der Waals surface area contributed by atoms with Crippen molar-refractivity contribution in [2.75, 3.05) is 0 Å². The molecule has 0 aromatic rings. The van der Waals surface area contributed by atoms with Gasteiger partial charge in [-0.05, 0) is 23.7 Å². The van der Waals surface area contributed by atoms with E-state index >= 15 is 0 Å². The number of nitrogens with two attached hydrogens (primary N) is 1. The van der Waals surface area contributed by atoms with Crippen LogP contribution in [0, 0.1) is 17.3 Å². The summed E-state index contributed by atoms with van der Waals surface area (Å²) in [6.45, 7) is 11.3. The Morgan fingerprint density at radius 1 is 1.36 bits per heavy atom. The fourth-order valence-electron chi connectivity index (χ4n) is 3.00. The molecular formula is C10H21N. The van der Waals surface area contributed by atoms with Crippen molar-refractivity contribution in [1.29, 1.82) is 0 Å². The Labute approximate surface area is 70.4 Å². The monoisotopic (exact) mass is 155 g/mol. The fourth-order valence-corrected chi connectivity index (χ4v) is 3.00. The van der Waals surface area contributed by atoms with Crippen LogP contribution in [0.15, 0.2) is 0 Å². The van der Waals surface area contributed by atoms with Crippen LogP contribution in [0.3, 0.4) is 0 Å². The molecule has 0 bridgehead atoms. The van der Waals surface area contributed by atoms with Crippen LogP contribution >= 0.6 is 0 Å². The van der Waals surface area contributed by atoms with E-state index in [1.165, 1.54) is 6.42 Å². The van der Waals surface area contributed by atoms with Crippen molar-refractivity contribution in [3.63, 3.8) is 0 Å². The highest BCUT2D eigenvalue weighted by Crippen LogP contribution is 2.55. The summed E-state index contributed by atoms with van der Waals surface area (Å²) in [7, 11) is 0. The normalized spacial score (nSPS) is 42.3. The van der Waals surface area contributed by atoms with Crippen LogP contribution in [0.1, 0.15) is 41.0 Å². The minimum Gasteiger partial charge on any atom is -0.324 e. The van der Waals surface area contributed by atoms with Gasteiger partial charge in [-0.1, -0.05) is 34.6 Å². The van der Waals surface area contributed by atoms with Crippen molar-refractivity contribution in [1.82, 2.24) is 0 Å². The van der Waals surface area contributed by atoms with Crippen LogP contribution < -0.4 is 5.73 Å². The molecule has 2 N–H and O–H groups in total. The van der Waals surface area contributed by atoms with Gasteiger partial charge < -0.3 is 5.73 Å². The predicted octanol–water partition coefficient (Wildman–Crippen LogP) is 2.41. The molecule has 0 aliphatic heterocycles. The Kier molecular flexibility index (Phi) is 1.83. The maximum Gasteiger partial charge on any atom is 0.0255 e. The first kappa shape index (κ1) is 9.05. The van der Waals surface area contributed by atoms with E-state index in [-0.39, 0.29) is 5.54 Å². The molecule has 0 spiro atoms. The average Bonchev–Trinajstić information content (AvgIpc) is 1.85. The summed E-state index contributed by atoms with van der Waals surface area (Å²) in [5.74, 6) is 1.29. The van der Waals surface area contributed by atoms with Crippen LogP contribution in [-0.2, 0) is 0 Å². The first-order valence-electron chi connectivity index (χ1n) is 4.61. The van der Waals surface area contributed by atoms with Gasteiger partial charge >= 0.3 is 0 Å². The summed E-state index contributed by atoms with van der Waals surface area (Å²) in [5, 5.41) is 0. The molecular weight excluding hydrogens is 134 g/mol. The van der Waals surface area contributed by atoms with Crippen molar-refractivity contribution in [2.45, 2.75) is 46.6 Å². The lowest BCUT2D eigenvalue weighted by molar-refractivity contribution is -0.0655. The first-order chi connectivity index (χ1) is 4.82. The van der Waals surface area contributed by atoms with E-state index in [4.69, 9.17) is 5.73 Å². The lowest BCUT2D eigenvalue weighted by Gasteiger charge is -2.61. The van der Waals surface area contributed by atoms with E-state index in [0.29, 0.717) is 17.3 Å². The van der Waals surface area contributed by atoms with Gasteiger partial charge in [0.1, 0.15) is 0 Å². The largest absolute Gasteiger partial charge is 0.324 e. The minimum absolute atomic E-state index is 0.0764. The molecule has 0 aromatic heterocycles. The Morgan fingerprint density at radius 3 is 1.91 bits per heavy atom. The topological polar surface area (TPSA) is 26.0 Å². The van der Waals surface area contributed by atoms with E-state index in [2.05, 4.69) is 34.6 Å². The standard InChI is InChI=1S/C10H21N/c1-7(2)10(11)8(3)6-9(10,4)5/h7-8H,6,11H2,1-5H3. The highest BCUT2D eigenvalue weighted by Gasteiger charge is 2.56. The summed E-state index contributed by atoms with van der Waals surface area (Å²) in [5.41, 5.74) is 6.79. The maximum atomic E-state index is 6.37. The van der Waals surface area contributed by atoms with Gasteiger partial charge in [-0.3, -0.25) is 0 Å². The Balaban J connectivity index is 2.83. The van der Waals surface area contributed by atoms with E-state index in [0.717, 1.165) is 0 Å². The summed E-state index contributed by atoms with van der Waals surface area (Å²) >= 11 is 0. The SMILES string of the molecule is CC(C)C1(N)C(C)CC1(C)C. The Hall–Kier alpha value is -0.0400. The zero-order chi connectivity index (χ0) is 8.86. The molecule has 0 aromatic carbocycles. The Bertz CT molecular complexity index is 154. The van der Waals surface area contributed by atoms with Crippen LogP contribution in [0.4, 0.5) is 0 Å².